The molecule has 0 aliphatic carbocycles. The summed E-state index contributed by atoms with van der Waals surface area (Å²) in [6.07, 6.45) is 2.83. The van der Waals surface area contributed by atoms with Gasteiger partial charge in [-0.2, -0.15) is 5.26 Å². The number of esters is 1. The molecular formula is C14H14FNO2. The van der Waals surface area contributed by atoms with E-state index >= 15 is 0 Å². The topological polar surface area (TPSA) is 50.1 Å². The van der Waals surface area contributed by atoms with E-state index in [4.69, 9.17) is 10.00 Å². The van der Waals surface area contributed by atoms with Crippen LogP contribution < -0.4 is 0 Å². The van der Waals surface area contributed by atoms with Gasteiger partial charge in [0.15, 0.2) is 0 Å². The number of carbonyl (C=O) groups is 1. The van der Waals surface area contributed by atoms with Crippen LogP contribution >= 0.6 is 0 Å². The van der Waals surface area contributed by atoms with Crippen molar-refractivity contribution in [3.8, 4) is 6.07 Å². The Hall–Kier alpha value is -2.15. The lowest BCUT2D eigenvalue weighted by Gasteiger charge is -2.02. The second-order valence-corrected chi connectivity index (χ2v) is 3.68. The fourth-order valence-electron chi connectivity index (χ4n) is 1.27. The number of unbranched alkanes of at least 4 members (excludes halogenated alkanes) is 1. The Kier molecular flexibility index (Phi) is 5.59. The molecule has 1 rings (SSSR count). The van der Waals surface area contributed by atoms with E-state index in [2.05, 4.69) is 0 Å². The van der Waals surface area contributed by atoms with Gasteiger partial charge in [0, 0.05) is 5.56 Å². The standard InChI is InChI=1S/C14H14FNO2/c1-2-3-8-18-14(17)12(10-16)9-11-6-4-5-7-13(11)15/h4-7,9H,2-3,8H2,1H3/b12-9+. The smallest absolute Gasteiger partial charge is 0.348 e. The molecular weight excluding hydrogens is 233 g/mol. The van der Waals surface area contributed by atoms with E-state index < -0.39 is 11.8 Å². The van der Waals surface area contributed by atoms with Crippen molar-refractivity contribution in [2.24, 2.45) is 0 Å². The largest absolute Gasteiger partial charge is 0.462 e. The average Bonchev–Trinajstić information content (AvgIpc) is 2.38. The zero-order valence-electron chi connectivity index (χ0n) is 10.1. The highest BCUT2D eigenvalue weighted by atomic mass is 19.1. The van der Waals surface area contributed by atoms with E-state index in [0.717, 1.165) is 12.8 Å². The van der Waals surface area contributed by atoms with Crippen molar-refractivity contribution in [3.05, 3.63) is 41.2 Å². The van der Waals surface area contributed by atoms with Crippen LogP contribution in [0.3, 0.4) is 0 Å². The summed E-state index contributed by atoms with van der Waals surface area (Å²) in [5, 5.41) is 8.86. The third kappa shape index (κ3) is 4.02. The molecule has 0 atom stereocenters. The maximum atomic E-state index is 13.4. The minimum atomic E-state index is -0.714. The molecule has 0 amide bonds. The molecule has 94 valence electrons. The van der Waals surface area contributed by atoms with Gasteiger partial charge in [0.1, 0.15) is 17.5 Å². The Bertz CT molecular complexity index is 489. The van der Waals surface area contributed by atoms with Gasteiger partial charge in [-0.3, -0.25) is 0 Å². The van der Waals surface area contributed by atoms with Crippen LogP contribution in [0.1, 0.15) is 25.3 Å². The summed E-state index contributed by atoms with van der Waals surface area (Å²) < 4.78 is 18.2. The zero-order chi connectivity index (χ0) is 13.4. The van der Waals surface area contributed by atoms with Gasteiger partial charge in [0.25, 0.3) is 0 Å². The van der Waals surface area contributed by atoms with Crippen molar-refractivity contribution in [2.45, 2.75) is 19.8 Å². The number of hydrogen-bond acceptors (Lipinski definition) is 3. The first-order valence-electron chi connectivity index (χ1n) is 5.72. The maximum Gasteiger partial charge on any atom is 0.348 e. The lowest BCUT2D eigenvalue weighted by molar-refractivity contribution is -0.138. The lowest BCUT2D eigenvalue weighted by atomic mass is 10.1. The highest BCUT2D eigenvalue weighted by Gasteiger charge is 2.11. The molecule has 0 N–H and O–H groups in total. The molecule has 18 heavy (non-hydrogen) atoms. The van der Waals surface area contributed by atoms with Gasteiger partial charge in [-0.15, -0.1) is 0 Å². The number of rotatable bonds is 5. The molecule has 0 aliphatic heterocycles. The highest BCUT2D eigenvalue weighted by molar-refractivity contribution is 5.97. The number of benzene rings is 1. The van der Waals surface area contributed by atoms with E-state index in [1.807, 2.05) is 6.92 Å². The molecule has 1 aromatic carbocycles. The number of ether oxygens (including phenoxy) is 1. The first kappa shape index (κ1) is 13.9. The van der Waals surface area contributed by atoms with Crippen molar-refractivity contribution in [1.29, 1.82) is 5.26 Å². The van der Waals surface area contributed by atoms with E-state index in [-0.39, 0.29) is 17.7 Å². The molecule has 0 saturated carbocycles. The van der Waals surface area contributed by atoms with Crippen LogP contribution in [0.4, 0.5) is 4.39 Å². The molecule has 0 spiro atoms. The molecule has 0 heterocycles. The fraction of sp³-hybridized carbons (Fsp3) is 0.286. The summed E-state index contributed by atoms with van der Waals surface area (Å²) in [7, 11) is 0. The van der Waals surface area contributed by atoms with Gasteiger partial charge >= 0.3 is 5.97 Å². The van der Waals surface area contributed by atoms with Gasteiger partial charge in [0.05, 0.1) is 6.61 Å². The van der Waals surface area contributed by atoms with E-state index in [0.29, 0.717) is 0 Å². The minimum Gasteiger partial charge on any atom is -0.462 e. The van der Waals surface area contributed by atoms with Gasteiger partial charge in [0.2, 0.25) is 0 Å². The van der Waals surface area contributed by atoms with Crippen LogP contribution in [-0.4, -0.2) is 12.6 Å². The Morgan fingerprint density at radius 1 is 1.50 bits per heavy atom. The summed E-state index contributed by atoms with van der Waals surface area (Å²) in [6.45, 7) is 2.24. The first-order valence-corrected chi connectivity index (χ1v) is 5.72. The van der Waals surface area contributed by atoms with Crippen molar-refractivity contribution >= 4 is 12.0 Å². The number of nitriles is 1. The second kappa shape index (κ2) is 7.23. The average molecular weight is 247 g/mol. The third-order valence-electron chi connectivity index (χ3n) is 2.28. The Morgan fingerprint density at radius 2 is 2.22 bits per heavy atom. The monoisotopic (exact) mass is 247 g/mol. The van der Waals surface area contributed by atoms with Gasteiger partial charge < -0.3 is 4.74 Å². The van der Waals surface area contributed by atoms with Crippen molar-refractivity contribution < 1.29 is 13.9 Å². The number of halogens is 1. The first-order chi connectivity index (χ1) is 8.69. The Balaban J connectivity index is 2.81. The molecule has 1 aromatic rings. The summed E-state index contributed by atoms with van der Waals surface area (Å²) in [5.74, 6) is -1.19. The molecule has 0 aliphatic rings. The summed E-state index contributed by atoms with van der Waals surface area (Å²) in [5.41, 5.74) is -0.00213. The van der Waals surface area contributed by atoms with Crippen LogP contribution in [0, 0.1) is 17.1 Å². The number of hydrogen-bond donors (Lipinski definition) is 0. The second-order valence-electron chi connectivity index (χ2n) is 3.68. The summed E-state index contributed by atoms with van der Waals surface area (Å²) >= 11 is 0. The van der Waals surface area contributed by atoms with Crippen molar-refractivity contribution in [1.82, 2.24) is 0 Å². The van der Waals surface area contributed by atoms with Gasteiger partial charge in [-0.1, -0.05) is 31.5 Å². The van der Waals surface area contributed by atoms with Gasteiger partial charge in [-0.05, 0) is 18.6 Å². The molecule has 0 saturated heterocycles. The molecule has 0 aromatic heterocycles. The normalized spacial score (nSPS) is 10.8. The molecule has 0 radical (unpaired) electrons. The number of carbonyl (C=O) groups excluding carboxylic acids is 1. The van der Waals surface area contributed by atoms with Crippen LogP contribution in [0.2, 0.25) is 0 Å². The van der Waals surface area contributed by atoms with E-state index in [9.17, 15) is 9.18 Å². The van der Waals surface area contributed by atoms with Crippen LogP contribution in [0.5, 0.6) is 0 Å². The highest BCUT2D eigenvalue weighted by Crippen LogP contribution is 2.12. The van der Waals surface area contributed by atoms with Crippen molar-refractivity contribution in [2.75, 3.05) is 6.61 Å². The maximum absolute atomic E-state index is 13.4. The molecule has 0 bridgehead atoms. The minimum absolute atomic E-state index is 0.196. The number of nitrogens with zero attached hydrogens (tertiary/aromatic N) is 1. The summed E-state index contributed by atoms with van der Waals surface area (Å²) in [4.78, 5) is 11.5. The molecule has 4 heteroatoms. The van der Waals surface area contributed by atoms with E-state index in [1.165, 1.54) is 24.3 Å². The fourth-order valence-corrected chi connectivity index (χ4v) is 1.27. The van der Waals surface area contributed by atoms with Crippen molar-refractivity contribution in [3.63, 3.8) is 0 Å². The van der Waals surface area contributed by atoms with Crippen LogP contribution in [0.25, 0.3) is 6.08 Å². The predicted octanol–water partition coefficient (Wildman–Crippen LogP) is 3.08. The van der Waals surface area contributed by atoms with Gasteiger partial charge in [-0.25, -0.2) is 9.18 Å². The molecule has 3 nitrogen and oxygen atoms in total. The Labute approximate surface area is 105 Å². The zero-order valence-corrected chi connectivity index (χ0v) is 10.1. The molecule has 0 fully saturated rings. The van der Waals surface area contributed by atoms with E-state index in [1.54, 1.807) is 12.1 Å². The van der Waals surface area contributed by atoms with Crippen LogP contribution in [0.15, 0.2) is 29.8 Å². The quantitative estimate of drug-likeness (QED) is 0.348. The third-order valence-corrected chi connectivity index (χ3v) is 2.28. The lowest BCUT2D eigenvalue weighted by Crippen LogP contribution is -2.07. The predicted molar refractivity (Wildman–Crippen MR) is 65.9 cm³/mol. The SMILES string of the molecule is CCCCOC(=O)/C(C#N)=C/c1ccccc1F. The van der Waals surface area contributed by atoms with Crippen LogP contribution in [-0.2, 0) is 9.53 Å². The molecule has 0 unspecified atom stereocenters. The Morgan fingerprint density at radius 3 is 2.83 bits per heavy atom. The summed E-state index contributed by atoms with van der Waals surface area (Å²) in [6, 6.07) is 7.65.